The number of hydrogen-bond acceptors (Lipinski definition) is 2. The van der Waals surface area contributed by atoms with Crippen LogP contribution < -0.4 is 5.32 Å². The van der Waals surface area contributed by atoms with Gasteiger partial charge in [-0.15, -0.1) is 0 Å². The van der Waals surface area contributed by atoms with Crippen LogP contribution in [-0.2, 0) is 0 Å². The van der Waals surface area contributed by atoms with Crippen molar-refractivity contribution in [1.29, 1.82) is 0 Å². The lowest BCUT2D eigenvalue weighted by atomic mass is 9.80. The van der Waals surface area contributed by atoms with Gasteiger partial charge in [0.05, 0.1) is 5.56 Å². The first-order valence-electron chi connectivity index (χ1n) is 7.03. The lowest BCUT2D eigenvalue weighted by Gasteiger charge is -2.30. The average Bonchev–Trinajstić information content (AvgIpc) is 2.75. The highest BCUT2D eigenvalue weighted by molar-refractivity contribution is 9.09. The number of furan rings is 1. The molecule has 19 heavy (non-hydrogen) atoms. The fraction of sp³-hybridized carbons (Fsp3) is 0.667. The molecule has 0 bridgehead atoms. The Labute approximate surface area is 123 Å². The second kappa shape index (κ2) is 6.60. The summed E-state index contributed by atoms with van der Waals surface area (Å²) in [7, 11) is 0. The quantitative estimate of drug-likeness (QED) is 0.854. The summed E-state index contributed by atoms with van der Waals surface area (Å²) in [5, 5.41) is 4.11. The molecule has 1 aliphatic carbocycles. The average molecular weight is 328 g/mol. The van der Waals surface area contributed by atoms with E-state index in [1.54, 1.807) is 0 Å². The fourth-order valence-corrected chi connectivity index (χ4v) is 3.78. The SMILES string of the molecule is Cc1cc(C(=O)NCC2CCCCC2CBr)c(C)o1. The van der Waals surface area contributed by atoms with Crippen molar-refractivity contribution in [2.24, 2.45) is 11.8 Å². The van der Waals surface area contributed by atoms with Crippen molar-refractivity contribution in [2.45, 2.75) is 39.5 Å². The lowest BCUT2D eigenvalue weighted by Crippen LogP contribution is -2.34. The summed E-state index contributed by atoms with van der Waals surface area (Å²) < 4.78 is 5.40. The molecule has 2 rings (SSSR count). The maximum Gasteiger partial charge on any atom is 0.254 e. The first-order chi connectivity index (χ1) is 9.11. The highest BCUT2D eigenvalue weighted by atomic mass is 79.9. The lowest BCUT2D eigenvalue weighted by molar-refractivity contribution is 0.0935. The normalized spacial score (nSPS) is 23.3. The molecule has 0 saturated heterocycles. The van der Waals surface area contributed by atoms with E-state index in [0.717, 1.165) is 17.6 Å². The monoisotopic (exact) mass is 327 g/mol. The molecule has 1 amide bonds. The minimum Gasteiger partial charge on any atom is -0.466 e. The van der Waals surface area contributed by atoms with Crippen LogP contribution in [0.4, 0.5) is 0 Å². The topological polar surface area (TPSA) is 42.2 Å². The molecule has 0 spiro atoms. The van der Waals surface area contributed by atoms with Crippen molar-refractivity contribution in [1.82, 2.24) is 5.32 Å². The molecular formula is C15H22BrNO2. The van der Waals surface area contributed by atoms with E-state index in [2.05, 4.69) is 21.2 Å². The molecule has 0 aliphatic heterocycles. The van der Waals surface area contributed by atoms with Gasteiger partial charge in [0, 0.05) is 11.9 Å². The van der Waals surface area contributed by atoms with Crippen molar-refractivity contribution in [3.63, 3.8) is 0 Å². The third-order valence-corrected chi connectivity index (χ3v) is 4.91. The molecule has 1 aromatic rings. The van der Waals surface area contributed by atoms with Crippen molar-refractivity contribution >= 4 is 21.8 Å². The van der Waals surface area contributed by atoms with E-state index in [9.17, 15) is 4.79 Å². The van der Waals surface area contributed by atoms with E-state index in [-0.39, 0.29) is 5.91 Å². The summed E-state index contributed by atoms with van der Waals surface area (Å²) in [6, 6.07) is 1.81. The van der Waals surface area contributed by atoms with E-state index in [1.165, 1.54) is 25.7 Å². The molecule has 1 saturated carbocycles. The minimum absolute atomic E-state index is 0.00625. The number of aryl methyl sites for hydroxylation is 2. The number of carbonyl (C=O) groups is 1. The Morgan fingerprint density at radius 2 is 2.05 bits per heavy atom. The summed E-state index contributed by atoms with van der Waals surface area (Å²) in [4.78, 5) is 12.1. The van der Waals surface area contributed by atoms with Crippen molar-refractivity contribution in [3.05, 3.63) is 23.2 Å². The first kappa shape index (κ1) is 14.6. The Morgan fingerprint density at radius 1 is 1.37 bits per heavy atom. The van der Waals surface area contributed by atoms with Gasteiger partial charge in [0.15, 0.2) is 0 Å². The summed E-state index contributed by atoms with van der Waals surface area (Å²) in [5.74, 6) is 2.79. The molecule has 2 unspecified atom stereocenters. The molecule has 2 atom stereocenters. The van der Waals surface area contributed by atoms with Gasteiger partial charge in [0.1, 0.15) is 11.5 Å². The zero-order valence-electron chi connectivity index (χ0n) is 11.7. The number of carbonyl (C=O) groups excluding carboxylic acids is 1. The van der Waals surface area contributed by atoms with Gasteiger partial charge in [0.25, 0.3) is 5.91 Å². The molecule has 1 aromatic heterocycles. The standard InChI is InChI=1S/C15H22BrNO2/c1-10-7-14(11(2)19-10)15(18)17-9-13-6-4-3-5-12(13)8-16/h7,12-13H,3-6,8-9H2,1-2H3,(H,17,18). The summed E-state index contributed by atoms with van der Waals surface area (Å²) >= 11 is 3.59. The largest absolute Gasteiger partial charge is 0.466 e. The Morgan fingerprint density at radius 3 is 2.63 bits per heavy atom. The number of rotatable bonds is 4. The zero-order chi connectivity index (χ0) is 13.8. The summed E-state index contributed by atoms with van der Waals surface area (Å²) in [6.45, 7) is 4.48. The molecule has 1 heterocycles. The van der Waals surface area contributed by atoms with Gasteiger partial charge in [-0.3, -0.25) is 4.79 Å². The number of hydrogen-bond donors (Lipinski definition) is 1. The number of nitrogens with one attached hydrogen (secondary N) is 1. The fourth-order valence-electron chi connectivity index (χ4n) is 2.93. The summed E-state index contributed by atoms with van der Waals surface area (Å²) in [5.41, 5.74) is 0.670. The van der Waals surface area contributed by atoms with Gasteiger partial charge >= 0.3 is 0 Å². The van der Waals surface area contributed by atoms with E-state index < -0.39 is 0 Å². The molecule has 1 N–H and O–H groups in total. The molecule has 0 radical (unpaired) electrons. The molecule has 3 nitrogen and oxygen atoms in total. The predicted molar refractivity (Wildman–Crippen MR) is 79.8 cm³/mol. The number of alkyl halides is 1. The second-order valence-corrected chi connectivity index (χ2v) is 6.14. The van der Waals surface area contributed by atoms with Crippen LogP contribution in [0.5, 0.6) is 0 Å². The van der Waals surface area contributed by atoms with Crippen LogP contribution in [0.15, 0.2) is 10.5 Å². The van der Waals surface area contributed by atoms with E-state index in [0.29, 0.717) is 23.2 Å². The molecule has 0 aromatic carbocycles. The van der Waals surface area contributed by atoms with Crippen molar-refractivity contribution in [2.75, 3.05) is 11.9 Å². The molecule has 4 heteroatoms. The minimum atomic E-state index is -0.00625. The van der Waals surface area contributed by atoms with Crippen LogP contribution in [0.2, 0.25) is 0 Å². The Balaban J connectivity index is 1.91. The maximum atomic E-state index is 12.1. The van der Waals surface area contributed by atoms with Crippen LogP contribution in [0.25, 0.3) is 0 Å². The predicted octanol–water partition coefficient (Wildman–Crippen LogP) is 3.83. The van der Waals surface area contributed by atoms with Crippen molar-refractivity contribution in [3.8, 4) is 0 Å². The van der Waals surface area contributed by atoms with Gasteiger partial charge in [0.2, 0.25) is 0 Å². The highest BCUT2D eigenvalue weighted by Gasteiger charge is 2.25. The summed E-state index contributed by atoms with van der Waals surface area (Å²) in [6.07, 6.45) is 5.10. The Kier molecular flexibility index (Phi) is 5.08. The number of halogens is 1. The van der Waals surface area contributed by atoms with E-state index >= 15 is 0 Å². The van der Waals surface area contributed by atoms with E-state index in [4.69, 9.17) is 4.42 Å². The Hall–Kier alpha value is -0.770. The molecular weight excluding hydrogens is 306 g/mol. The van der Waals surface area contributed by atoms with Crippen LogP contribution in [0.3, 0.4) is 0 Å². The molecule has 106 valence electrons. The van der Waals surface area contributed by atoms with Crippen LogP contribution in [0, 0.1) is 25.7 Å². The van der Waals surface area contributed by atoms with E-state index in [1.807, 2.05) is 19.9 Å². The van der Waals surface area contributed by atoms with Gasteiger partial charge in [-0.2, -0.15) is 0 Å². The van der Waals surface area contributed by atoms with Crippen molar-refractivity contribution < 1.29 is 9.21 Å². The third-order valence-electron chi connectivity index (χ3n) is 4.08. The molecule has 1 fully saturated rings. The highest BCUT2D eigenvalue weighted by Crippen LogP contribution is 2.30. The van der Waals surface area contributed by atoms with Gasteiger partial charge in [-0.1, -0.05) is 28.8 Å². The molecule has 1 aliphatic rings. The maximum absolute atomic E-state index is 12.1. The van der Waals surface area contributed by atoms with Crippen LogP contribution in [-0.4, -0.2) is 17.8 Å². The van der Waals surface area contributed by atoms with Crippen LogP contribution >= 0.6 is 15.9 Å². The smallest absolute Gasteiger partial charge is 0.254 e. The first-order valence-corrected chi connectivity index (χ1v) is 8.15. The second-order valence-electron chi connectivity index (χ2n) is 5.50. The zero-order valence-corrected chi connectivity index (χ0v) is 13.3. The third kappa shape index (κ3) is 3.62. The van der Waals surface area contributed by atoms with Gasteiger partial charge < -0.3 is 9.73 Å². The van der Waals surface area contributed by atoms with Gasteiger partial charge in [-0.05, 0) is 44.6 Å². The van der Waals surface area contributed by atoms with Crippen LogP contribution in [0.1, 0.15) is 47.6 Å². The van der Waals surface area contributed by atoms with Gasteiger partial charge in [-0.25, -0.2) is 0 Å². The Bertz CT molecular complexity index is 441. The number of amides is 1.